The zero-order valence-corrected chi connectivity index (χ0v) is 20.3. The number of carbonyl (C=O) groups is 1. The Morgan fingerprint density at radius 1 is 1.07 bits per heavy atom. The molecule has 0 aromatic rings. The summed E-state index contributed by atoms with van der Waals surface area (Å²) in [4.78, 5) is 12.4. The minimum Gasteiger partial charge on any atom is -0.414 e. The van der Waals surface area contributed by atoms with Gasteiger partial charge in [0.1, 0.15) is 5.78 Å². The Morgan fingerprint density at radius 2 is 1.70 bits per heavy atom. The Bertz CT molecular complexity index is 477. The molecule has 3 heteroatoms. The first-order chi connectivity index (χ1) is 12.7. The lowest BCUT2D eigenvalue weighted by atomic mass is 9.62. The van der Waals surface area contributed by atoms with Crippen LogP contribution in [-0.2, 0) is 9.22 Å². The summed E-state index contributed by atoms with van der Waals surface area (Å²) in [5.41, 5.74) is 0.275. The van der Waals surface area contributed by atoms with Crippen LogP contribution in [0, 0.1) is 29.1 Å². The van der Waals surface area contributed by atoms with E-state index in [0.717, 1.165) is 25.2 Å². The quantitative estimate of drug-likeness (QED) is 0.365. The van der Waals surface area contributed by atoms with Gasteiger partial charge in [0.2, 0.25) is 0 Å². The number of fused-ring (bicyclic) bond motifs is 1. The molecule has 0 spiro atoms. The van der Waals surface area contributed by atoms with Gasteiger partial charge >= 0.3 is 0 Å². The van der Waals surface area contributed by atoms with Gasteiger partial charge in [-0.05, 0) is 79.8 Å². The fourth-order valence-corrected chi connectivity index (χ4v) is 9.41. The molecule has 27 heavy (non-hydrogen) atoms. The topological polar surface area (TPSA) is 26.3 Å². The third-order valence-corrected chi connectivity index (χ3v) is 13.3. The standard InChI is InChI=1S/C24H46O2Si/c1-8-27(9-2,10-3)26-23(18(4)5)16-13-19(6)20-14-15-21-22(25)12-11-17-24(20,21)7/h18-21,23H,8-17H2,1-7H3/t19-,20-,21+,23-,24-/m1/s1. The summed E-state index contributed by atoms with van der Waals surface area (Å²) in [5, 5.41) is 0. The normalized spacial score (nSPS) is 31.2. The molecule has 2 aliphatic rings. The Balaban J connectivity index is 2.00. The summed E-state index contributed by atoms with van der Waals surface area (Å²) in [5.74, 6) is 2.95. The molecule has 5 atom stereocenters. The van der Waals surface area contributed by atoms with Crippen molar-refractivity contribution in [1.29, 1.82) is 0 Å². The van der Waals surface area contributed by atoms with Gasteiger partial charge in [-0.2, -0.15) is 0 Å². The third kappa shape index (κ3) is 4.89. The van der Waals surface area contributed by atoms with Gasteiger partial charge < -0.3 is 4.43 Å². The van der Waals surface area contributed by atoms with Gasteiger partial charge in [-0.15, -0.1) is 0 Å². The van der Waals surface area contributed by atoms with Crippen LogP contribution in [0.4, 0.5) is 0 Å². The fourth-order valence-electron chi connectivity index (χ4n) is 6.38. The van der Waals surface area contributed by atoms with Gasteiger partial charge in [-0.1, -0.05) is 48.5 Å². The first-order valence-corrected chi connectivity index (χ1v) is 14.5. The van der Waals surface area contributed by atoms with Crippen molar-refractivity contribution in [1.82, 2.24) is 0 Å². The van der Waals surface area contributed by atoms with Crippen LogP contribution in [0.1, 0.15) is 93.4 Å². The highest BCUT2D eigenvalue weighted by Crippen LogP contribution is 2.57. The lowest BCUT2D eigenvalue weighted by molar-refractivity contribution is -0.130. The van der Waals surface area contributed by atoms with Crippen LogP contribution in [0.2, 0.25) is 18.1 Å². The summed E-state index contributed by atoms with van der Waals surface area (Å²) in [6.45, 7) is 16.6. The van der Waals surface area contributed by atoms with Crippen LogP contribution in [0.3, 0.4) is 0 Å². The molecule has 2 aliphatic carbocycles. The van der Waals surface area contributed by atoms with Crippen LogP contribution < -0.4 is 0 Å². The first kappa shape index (κ1) is 23.1. The molecule has 0 heterocycles. The zero-order chi connectivity index (χ0) is 20.2. The lowest BCUT2D eigenvalue weighted by Crippen LogP contribution is -2.42. The van der Waals surface area contributed by atoms with Crippen LogP contribution in [-0.4, -0.2) is 20.2 Å². The van der Waals surface area contributed by atoms with E-state index in [2.05, 4.69) is 48.5 Å². The monoisotopic (exact) mass is 394 g/mol. The maximum Gasteiger partial charge on any atom is 0.192 e. The van der Waals surface area contributed by atoms with Crippen LogP contribution in [0.15, 0.2) is 0 Å². The highest BCUT2D eigenvalue weighted by molar-refractivity contribution is 6.73. The number of hydrogen-bond acceptors (Lipinski definition) is 2. The van der Waals surface area contributed by atoms with Crippen molar-refractivity contribution in [2.24, 2.45) is 29.1 Å². The summed E-state index contributed by atoms with van der Waals surface area (Å²) >= 11 is 0. The minimum atomic E-state index is -1.54. The fraction of sp³-hybridized carbons (Fsp3) is 0.958. The largest absolute Gasteiger partial charge is 0.414 e. The van der Waals surface area contributed by atoms with Gasteiger partial charge in [-0.25, -0.2) is 0 Å². The summed E-state index contributed by atoms with van der Waals surface area (Å²) < 4.78 is 6.89. The molecule has 2 fully saturated rings. The average molecular weight is 395 g/mol. The Labute approximate surface area is 170 Å². The molecule has 0 bridgehead atoms. The summed E-state index contributed by atoms with van der Waals surface area (Å²) in [6.07, 6.45) is 8.49. The molecular weight excluding hydrogens is 348 g/mol. The molecule has 0 aliphatic heterocycles. The van der Waals surface area contributed by atoms with E-state index in [-0.39, 0.29) is 5.41 Å². The van der Waals surface area contributed by atoms with E-state index in [9.17, 15) is 4.79 Å². The van der Waals surface area contributed by atoms with Crippen LogP contribution in [0.25, 0.3) is 0 Å². The SMILES string of the molecule is CC[Si](CC)(CC)O[C@H](CC[C@@H](C)[C@H]1CC[C@H]2C(=O)CCC[C@]12C)C(C)C. The Hall–Kier alpha value is -0.153. The highest BCUT2D eigenvalue weighted by atomic mass is 28.4. The molecule has 2 rings (SSSR count). The van der Waals surface area contributed by atoms with Gasteiger partial charge in [0.05, 0.1) is 0 Å². The van der Waals surface area contributed by atoms with E-state index in [1.165, 1.54) is 43.8 Å². The Kier molecular flexibility index (Phi) is 8.19. The first-order valence-electron chi connectivity index (χ1n) is 11.9. The number of ketones is 1. The van der Waals surface area contributed by atoms with Gasteiger partial charge in [0.25, 0.3) is 0 Å². The average Bonchev–Trinajstić information content (AvgIpc) is 3.00. The maximum absolute atomic E-state index is 12.4. The molecule has 0 radical (unpaired) electrons. The molecule has 0 aromatic heterocycles. The number of rotatable bonds is 10. The predicted molar refractivity (Wildman–Crippen MR) is 118 cm³/mol. The second-order valence-corrected chi connectivity index (χ2v) is 15.0. The maximum atomic E-state index is 12.4. The molecule has 0 saturated heterocycles. The summed E-state index contributed by atoms with van der Waals surface area (Å²) in [6, 6.07) is 3.72. The van der Waals surface area contributed by atoms with E-state index < -0.39 is 8.32 Å². The van der Waals surface area contributed by atoms with E-state index in [1.54, 1.807) is 0 Å². The molecule has 0 unspecified atom stereocenters. The molecule has 2 nitrogen and oxygen atoms in total. The molecule has 0 amide bonds. The molecular formula is C24H46O2Si. The van der Waals surface area contributed by atoms with Crippen molar-refractivity contribution in [3.05, 3.63) is 0 Å². The van der Waals surface area contributed by atoms with Crippen molar-refractivity contribution in [3.63, 3.8) is 0 Å². The Morgan fingerprint density at radius 3 is 2.26 bits per heavy atom. The summed E-state index contributed by atoms with van der Waals surface area (Å²) in [7, 11) is -1.54. The molecule has 0 N–H and O–H groups in total. The van der Waals surface area contributed by atoms with Crippen LogP contribution >= 0.6 is 0 Å². The van der Waals surface area contributed by atoms with Crippen molar-refractivity contribution < 1.29 is 9.22 Å². The van der Waals surface area contributed by atoms with E-state index >= 15 is 0 Å². The van der Waals surface area contributed by atoms with E-state index in [0.29, 0.717) is 29.6 Å². The predicted octanol–water partition coefficient (Wildman–Crippen LogP) is 7.23. The second kappa shape index (κ2) is 9.56. The molecule has 2 saturated carbocycles. The van der Waals surface area contributed by atoms with Gasteiger partial charge in [0.15, 0.2) is 8.32 Å². The van der Waals surface area contributed by atoms with Gasteiger partial charge in [0, 0.05) is 18.4 Å². The number of hydrogen-bond donors (Lipinski definition) is 0. The highest BCUT2D eigenvalue weighted by Gasteiger charge is 2.52. The van der Waals surface area contributed by atoms with Crippen molar-refractivity contribution in [3.8, 4) is 0 Å². The zero-order valence-electron chi connectivity index (χ0n) is 19.3. The lowest BCUT2D eigenvalue weighted by Gasteiger charge is -2.43. The smallest absolute Gasteiger partial charge is 0.192 e. The van der Waals surface area contributed by atoms with Crippen molar-refractivity contribution in [2.75, 3.05) is 0 Å². The number of Topliss-reactive ketones (excluding diaryl/α,β-unsaturated/α-hetero) is 1. The van der Waals surface area contributed by atoms with E-state index in [4.69, 9.17) is 4.43 Å². The third-order valence-electron chi connectivity index (χ3n) is 8.61. The molecule has 0 aromatic carbocycles. The minimum absolute atomic E-state index is 0.275. The van der Waals surface area contributed by atoms with E-state index in [1.807, 2.05) is 0 Å². The van der Waals surface area contributed by atoms with Crippen molar-refractivity contribution >= 4 is 14.1 Å². The van der Waals surface area contributed by atoms with Crippen molar-refractivity contribution in [2.45, 2.75) is 118 Å². The van der Waals surface area contributed by atoms with Gasteiger partial charge in [-0.3, -0.25) is 4.79 Å². The number of carbonyl (C=O) groups excluding carboxylic acids is 1. The molecule has 158 valence electrons. The second-order valence-electron chi connectivity index (χ2n) is 10.3. The van der Waals surface area contributed by atoms with Crippen LogP contribution in [0.5, 0.6) is 0 Å².